The van der Waals surface area contributed by atoms with Gasteiger partial charge in [-0.2, -0.15) is 5.10 Å². The Hall–Kier alpha value is -4.79. The fourth-order valence-corrected chi connectivity index (χ4v) is 4.77. The molecule has 0 saturated carbocycles. The number of sulfonamides is 1. The largest absolute Gasteiger partial charge is 0.496 e. The average Bonchev–Trinajstić information content (AvgIpc) is 3.52. The molecule has 0 unspecified atom stereocenters. The lowest BCUT2D eigenvalue weighted by Gasteiger charge is -2.11. The zero-order valence-corrected chi connectivity index (χ0v) is 21.1. The Labute approximate surface area is 216 Å². The molecule has 0 radical (unpaired) electrons. The molecule has 0 atom stereocenters. The highest BCUT2D eigenvalue weighted by Gasteiger charge is 2.24. The summed E-state index contributed by atoms with van der Waals surface area (Å²) < 4.78 is 50.6. The number of rotatable bonds is 11. The lowest BCUT2D eigenvalue weighted by Crippen LogP contribution is -2.29. The second kappa shape index (κ2) is 11.1. The third-order valence-electron chi connectivity index (χ3n) is 5.27. The number of benzene rings is 2. The number of hydrogen-bond donors (Lipinski definition) is 3. The number of amides is 2. The fourth-order valence-electron chi connectivity index (χ4n) is 3.59. The van der Waals surface area contributed by atoms with E-state index in [9.17, 15) is 18.0 Å². The molecule has 0 aliphatic heterocycles. The summed E-state index contributed by atoms with van der Waals surface area (Å²) in [6, 6.07) is 9.60. The average molecular weight is 545 g/mol. The highest BCUT2D eigenvalue weighted by molar-refractivity contribution is 7.92. The van der Waals surface area contributed by atoms with Crippen molar-refractivity contribution in [2.24, 2.45) is 5.73 Å². The topological polar surface area (TPSA) is 190 Å². The number of methoxy groups -OCH3 is 2. The number of carbonyl (C=O) groups excluding carboxylic acids is 2. The van der Waals surface area contributed by atoms with Crippen LogP contribution in [0.25, 0.3) is 11.0 Å². The molecule has 0 aliphatic rings. The molecule has 14 nitrogen and oxygen atoms in total. The van der Waals surface area contributed by atoms with E-state index in [0.29, 0.717) is 28.8 Å². The molecule has 200 valence electrons. The summed E-state index contributed by atoms with van der Waals surface area (Å²) in [5.74, 6) is -0.0225. The van der Waals surface area contributed by atoms with E-state index in [2.05, 4.69) is 25.0 Å². The zero-order chi connectivity index (χ0) is 27.3. The van der Waals surface area contributed by atoms with Crippen LogP contribution < -0.4 is 25.2 Å². The molecule has 4 aromatic rings. The van der Waals surface area contributed by atoms with Crippen molar-refractivity contribution >= 4 is 38.8 Å². The number of aromatic nitrogens is 3. The van der Waals surface area contributed by atoms with E-state index in [1.165, 1.54) is 26.4 Å². The Morgan fingerprint density at radius 2 is 1.87 bits per heavy atom. The second-order valence-electron chi connectivity index (χ2n) is 7.89. The fraction of sp³-hybridized carbons (Fsp3) is 0.217. The first kappa shape index (κ1) is 26.3. The summed E-state index contributed by atoms with van der Waals surface area (Å²) in [6.07, 6.45) is 2.26. The number of nitrogens with zero attached hydrogens (tertiary/aromatic N) is 3. The van der Waals surface area contributed by atoms with E-state index in [4.69, 9.17) is 19.7 Å². The van der Waals surface area contributed by atoms with Crippen LogP contribution in [-0.2, 0) is 32.6 Å². The lowest BCUT2D eigenvalue weighted by molar-refractivity contribution is -0.124. The minimum Gasteiger partial charge on any atom is -0.496 e. The minimum atomic E-state index is -4.05. The van der Waals surface area contributed by atoms with Gasteiger partial charge in [0.25, 0.3) is 15.9 Å². The molecule has 2 heterocycles. The van der Waals surface area contributed by atoms with Gasteiger partial charge in [0.1, 0.15) is 21.8 Å². The number of hydrogen-bond acceptors (Lipinski definition) is 10. The van der Waals surface area contributed by atoms with Crippen molar-refractivity contribution in [2.45, 2.75) is 18.0 Å². The van der Waals surface area contributed by atoms with Gasteiger partial charge in [-0.25, -0.2) is 13.2 Å². The minimum absolute atomic E-state index is 0.0354. The maximum Gasteiger partial charge on any atom is 0.405 e. The quantitative estimate of drug-likeness (QED) is 0.250. The highest BCUT2D eigenvalue weighted by Crippen LogP contribution is 2.35. The summed E-state index contributed by atoms with van der Waals surface area (Å²) >= 11 is 0. The normalized spacial score (nSPS) is 11.2. The van der Waals surface area contributed by atoms with Crippen molar-refractivity contribution in [3.05, 3.63) is 59.9 Å². The van der Waals surface area contributed by atoms with Gasteiger partial charge in [0, 0.05) is 18.3 Å². The number of carbonyl (C=O) groups is 2. The number of fused-ring (bicyclic) bond motifs is 1. The van der Waals surface area contributed by atoms with E-state index in [-0.39, 0.29) is 23.0 Å². The van der Waals surface area contributed by atoms with Crippen LogP contribution in [0.3, 0.4) is 0 Å². The van der Waals surface area contributed by atoms with Crippen molar-refractivity contribution in [3.8, 4) is 11.5 Å². The van der Waals surface area contributed by atoms with Crippen molar-refractivity contribution < 1.29 is 36.7 Å². The Morgan fingerprint density at radius 1 is 1.11 bits per heavy atom. The Morgan fingerprint density at radius 3 is 2.61 bits per heavy atom. The van der Waals surface area contributed by atoms with Crippen LogP contribution >= 0.6 is 0 Å². The van der Waals surface area contributed by atoms with Gasteiger partial charge in [-0.05, 0) is 29.8 Å². The molecule has 0 fully saturated rings. The molecule has 0 bridgehead atoms. The highest BCUT2D eigenvalue weighted by atomic mass is 32.2. The molecule has 0 saturated heterocycles. The molecule has 4 N–H and O–H groups in total. The molecule has 0 aliphatic carbocycles. The number of nitrogens with one attached hydrogen (secondary N) is 2. The van der Waals surface area contributed by atoms with E-state index in [1.54, 1.807) is 41.3 Å². The Kier molecular flexibility index (Phi) is 7.66. The van der Waals surface area contributed by atoms with Crippen LogP contribution in [0.1, 0.15) is 11.1 Å². The molecule has 38 heavy (non-hydrogen) atoms. The van der Waals surface area contributed by atoms with Crippen molar-refractivity contribution in [1.29, 1.82) is 0 Å². The third-order valence-corrected chi connectivity index (χ3v) is 6.65. The van der Waals surface area contributed by atoms with Gasteiger partial charge in [0.15, 0.2) is 18.0 Å². The zero-order valence-electron chi connectivity index (χ0n) is 20.3. The number of primary amides is 1. The Balaban J connectivity index is 1.50. The van der Waals surface area contributed by atoms with Crippen molar-refractivity contribution in [1.82, 2.24) is 20.3 Å². The number of ether oxygens (including phenoxy) is 3. The van der Waals surface area contributed by atoms with Crippen molar-refractivity contribution in [2.75, 3.05) is 25.5 Å². The third kappa shape index (κ3) is 5.95. The van der Waals surface area contributed by atoms with Gasteiger partial charge in [0.05, 0.1) is 27.0 Å². The molecule has 0 spiro atoms. The number of nitrogens with two attached hydrogens (primary N) is 1. The molecular formula is C23H24N6O8S. The molecule has 15 heteroatoms. The van der Waals surface area contributed by atoms with Gasteiger partial charge in [0.2, 0.25) is 0 Å². The van der Waals surface area contributed by atoms with E-state index in [1.807, 2.05) is 0 Å². The van der Waals surface area contributed by atoms with Crippen LogP contribution in [-0.4, -0.2) is 56.2 Å². The SMILES string of the molecule is COc1ccccc1S(=O)(=O)Nc1noc2cc(Cn3cc(CNC(=O)COC(N)=O)cn3)cc(OC)c12. The van der Waals surface area contributed by atoms with Gasteiger partial charge >= 0.3 is 6.09 Å². The van der Waals surface area contributed by atoms with Crippen LogP contribution in [0.5, 0.6) is 11.5 Å². The monoisotopic (exact) mass is 544 g/mol. The van der Waals surface area contributed by atoms with E-state index < -0.39 is 28.6 Å². The van der Waals surface area contributed by atoms with Gasteiger partial charge in [-0.15, -0.1) is 0 Å². The van der Waals surface area contributed by atoms with Gasteiger partial charge < -0.3 is 29.8 Å². The van der Waals surface area contributed by atoms with Crippen LogP contribution in [0, 0.1) is 0 Å². The molecule has 4 rings (SSSR count). The first-order valence-corrected chi connectivity index (χ1v) is 12.5. The summed E-state index contributed by atoms with van der Waals surface area (Å²) in [6.45, 7) is 0.00657. The molecule has 2 aromatic carbocycles. The first-order valence-electron chi connectivity index (χ1n) is 11.0. The maximum atomic E-state index is 13.0. The standard InChI is InChI=1S/C23H24N6O8S/c1-34-16-5-3-4-6-19(16)38(32,33)28-22-21-17(35-2)7-14(8-18(21)37-27-22)11-29-12-15(10-26-29)9-25-20(30)13-36-23(24)31/h3-8,10,12H,9,11,13H2,1-2H3,(H2,24,31)(H,25,30)(H,27,28). The summed E-state index contributed by atoms with van der Waals surface area (Å²) in [7, 11) is -1.22. The summed E-state index contributed by atoms with van der Waals surface area (Å²) in [5.41, 5.74) is 6.57. The number of anilines is 1. The lowest BCUT2D eigenvalue weighted by atomic mass is 10.1. The van der Waals surface area contributed by atoms with Gasteiger partial charge in [-0.3, -0.25) is 14.2 Å². The molecule has 2 amide bonds. The second-order valence-corrected chi connectivity index (χ2v) is 9.54. The molecular weight excluding hydrogens is 520 g/mol. The van der Waals surface area contributed by atoms with E-state index in [0.717, 1.165) is 5.56 Å². The van der Waals surface area contributed by atoms with Crippen LogP contribution in [0.4, 0.5) is 10.6 Å². The van der Waals surface area contributed by atoms with Gasteiger partial charge in [-0.1, -0.05) is 17.3 Å². The first-order chi connectivity index (χ1) is 18.2. The maximum absolute atomic E-state index is 13.0. The predicted molar refractivity (Wildman–Crippen MR) is 133 cm³/mol. The molecule has 2 aromatic heterocycles. The van der Waals surface area contributed by atoms with Crippen LogP contribution in [0.2, 0.25) is 0 Å². The summed E-state index contributed by atoms with van der Waals surface area (Å²) in [4.78, 5) is 22.2. The van der Waals surface area contributed by atoms with Crippen LogP contribution in [0.15, 0.2) is 58.2 Å². The summed E-state index contributed by atoms with van der Waals surface area (Å²) in [5, 5.41) is 11.1. The smallest absolute Gasteiger partial charge is 0.405 e. The predicted octanol–water partition coefficient (Wildman–Crippen LogP) is 1.60. The number of para-hydroxylation sites is 1. The Bertz CT molecular complexity index is 1580. The van der Waals surface area contributed by atoms with E-state index >= 15 is 0 Å². The van der Waals surface area contributed by atoms with Crippen molar-refractivity contribution in [3.63, 3.8) is 0 Å².